The Labute approximate surface area is 149 Å². The van der Waals surface area contributed by atoms with Gasteiger partial charge in [0.25, 0.3) is 5.91 Å². The Hall–Kier alpha value is -2.96. The molecule has 1 fully saturated rings. The number of halogens is 2. The SMILES string of the molecule is CCC1(c2ccc(F)cc2)NC(=O)N(Cc2ccc(OC)c(F)c2)C1=O. The Bertz CT molecular complexity index is 854. The molecular weight excluding hydrogens is 342 g/mol. The first-order chi connectivity index (χ1) is 12.4. The molecule has 1 aliphatic rings. The molecule has 1 N–H and O–H groups in total. The summed E-state index contributed by atoms with van der Waals surface area (Å²) >= 11 is 0. The molecule has 0 saturated carbocycles. The molecule has 0 aromatic heterocycles. The second-order valence-electron chi connectivity index (χ2n) is 6.06. The van der Waals surface area contributed by atoms with E-state index in [-0.39, 0.29) is 12.3 Å². The number of hydrogen-bond donors (Lipinski definition) is 1. The van der Waals surface area contributed by atoms with Crippen LogP contribution < -0.4 is 10.1 Å². The van der Waals surface area contributed by atoms with Crippen LogP contribution in [0.5, 0.6) is 5.75 Å². The molecule has 26 heavy (non-hydrogen) atoms. The first-order valence-electron chi connectivity index (χ1n) is 8.14. The van der Waals surface area contributed by atoms with Crippen molar-refractivity contribution in [3.05, 3.63) is 65.2 Å². The quantitative estimate of drug-likeness (QED) is 0.832. The second-order valence-corrected chi connectivity index (χ2v) is 6.06. The number of amides is 3. The molecule has 0 aliphatic carbocycles. The number of rotatable bonds is 5. The number of nitrogens with one attached hydrogen (secondary N) is 1. The molecule has 0 bridgehead atoms. The summed E-state index contributed by atoms with van der Waals surface area (Å²) in [6, 6.07) is 9.13. The summed E-state index contributed by atoms with van der Waals surface area (Å²) in [5, 5.41) is 2.71. The van der Waals surface area contributed by atoms with Crippen LogP contribution in [0.25, 0.3) is 0 Å². The molecule has 7 heteroatoms. The number of carbonyl (C=O) groups is 2. The zero-order chi connectivity index (χ0) is 18.9. The van der Waals surface area contributed by atoms with Crippen LogP contribution in [-0.2, 0) is 16.9 Å². The van der Waals surface area contributed by atoms with Gasteiger partial charge in [0.15, 0.2) is 11.6 Å². The minimum Gasteiger partial charge on any atom is -0.494 e. The zero-order valence-electron chi connectivity index (χ0n) is 14.4. The van der Waals surface area contributed by atoms with Crippen molar-refractivity contribution in [3.8, 4) is 5.75 Å². The lowest BCUT2D eigenvalue weighted by atomic mass is 9.87. The molecule has 1 atom stereocenters. The third-order valence-electron chi connectivity index (χ3n) is 4.60. The Morgan fingerprint density at radius 3 is 2.38 bits per heavy atom. The average Bonchev–Trinajstić information content (AvgIpc) is 2.87. The van der Waals surface area contributed by atoms with E-state index in [9.17, 15) is 18.4 Å². The molecule has 136 valence electrons. The van der Waals surface area contributed by atoms with Crippen molar-refractivity contribution >= 4 is 11.9 Å². The maximum atomic E-state index is 13.9. The van der Waals surface area contributed by atoms with Gasteiger partial charge < -0.3 is 10.1 Å². The third kappa shape index (κ3) is 2.89. The van der Waals surface area contributed by atoms with E-state index in [1.54, 1.807) is 13.0 Å². The van der Waals surface area contributed by atoms with Crippen LogP contribution in [0.1, 0.15) is 24.5 Å². The molecule has 2 aromatic carbocycles. The van der Waals surface area contributed by atoms with Gasteiger partial charge in [-0.05, 0) is 41.8 Å². The summed E-state index contributed by atoms with van der Waals surface area (Å²) in [6.07, 6.45) is 0.302. The van der Waals surface area contributed by atoms with Crippen LogP contribution >= 0.6 is 0 Å². The minimum absolute atomic E-state index is 0.0749. The topological polar surface area (TPSA) is 58.6 Å². The van der Waals surface area contributed by atoms with E-state index in [2.05, 4.69) is 5.32 Å². The molecule has 3 amide bonds. The number of ether oxygens (including phenoxy) is 1. The summed E-state index contributed by atoms with van der Waals surface area (Å²) < 4.78 is 32.0. The molecule has 1 aliphatic heterocycles. The number of hydrogen-bond acceptors (Lipinski definition) is 3. The monoisotopic (exact) mass is 360 g/mol. The molecule has 2 aromatic rings. The van der Waals surface area contributed by atoms with Crippen LogP contribution in [-0.4, -0.2) is 23.9 Å². The number of methoxy groups -OCH3 is 1. The number of urea groups is 1. The minimum atomic E-state index is -1.25. The Balaban J connectivity index is 1.90. The first-order valence-corrected chi connectivity index (χ1v) is 8.14. The highest BCUT2D eigenvalue weighted by molar-refractivity contribution is 6.07. The van der Waals surface area contributed by atoms with Crippen molar-refractivity contribution in [3.63, 3.8) is 0 Å². The van der Waals surface area contributed by atoms with Gasteiger partial charge in [0.2, 0.25) is 0 Å². The van der Waals surface area contributed by atoms with E-state index < -0.39 is 29.1 Å². The average molecular weight is 360 g/mol. The molecule has 0 spiro atoms. The smallest absolute Gasteiger partial charge is 0.325 e. The highest BCUT2D eigenvalue weighted by atomic mass is 19.1. The largest absolute Gasteiger partial charge is 0.494 e. The fourth-order valence-corrected chi connectivity index (χ4v) is 3.13. The lowest BCUT2D eigenvalue weighted by molar-refractivity contribution is -0.132. The predicted molar refractivity (Wildman–Crippen MR) is 90.4 cm³/mol. The maximum Gasteiger partial charge on any atom is 0.325 e. The molecule has 1 unspecified atom stereocenters. The Kier molecular flexibility index (Phi) is 4.63. The van der Waals surface area contributed by atoms with Crippen molar-refractivity contribution < 1.29 is 23.1 Å². The normalized spacial score (nSPS) is 19.6. The van der Waals surface area contributed by atoms with Gasteiger partial charge in [0.05, 0.1) is 13.7 Å². The Morgan fingerprint density at radius 2 is 1.81 bits per heavy atom. The third-order valence-corrected chi connectivity index (χ3v) is 4.60. The highest BCUT2D eigenvalue weighted by Crippen LogP contribution is 2.33. The Morgan fingerprint density at radius 1 is 1.12 bits per heavy atom. The molecule has 3 rings (SSSR count). The van der Waals surface area contributed by atoms with Crippen LogP contribution in [0, 0.1) is 11.6 Å². The van der Waals surface area contributed by atoms with Crippen molar-refractivity contribution in [2.75, 3.05) is 7.11 Å². The molecule has 5 nitrogen and oxygen atoms in total. The van der Waals surface area contributed by atoms with Gasteiger partial charge >= 0.3 is 6.03 Å². The van der Waals surface area contributed by atoms with E-state index in [0.29, 0.717) is 17.5 Å². The van der Waals surface area contributed by atoms with Crippen LogP contribution in [0.4, 0.5) is 13.6 Å². The van der Waals surface area contributed by atoms with Gasteiger partial charge in [-0.3, -0.25) is 9.69 Å². The van der Waals surface area contributed by atoms with Crippen LogP contribution in [0.15, 0.2) is 42.5 Å². The summed E-state index contributed by atoms with van der Waals surface area (Å²) in [5.41, 5.74) is -0.295. The lowest BCUT2D eigenvalue weighted by Crippen LogP contribution is -2.43. The number of benzene rings is 2. The number of carbonyl (C=O) groups excluding carboxylic acids is 2. The van der Waals surface area contributed by atoms with Gasteiger partial charge in [-0.2, -0.15) is 0 Å². The van der Waals surface area contributed by atoms with Gasteiger partial charge in [0, 0.05) is 0 Å². The van der Waals surface area contributed by atoms with Crippen LogP contribution in [0.3, 0.4) is 0 Å². The van der Waals surface area contributed by atoms with Gasteiger partial charge in [-0.25, -0.2) is 13.6 Å². The van der Waals surface area contributed by atoms with Crippen LogP contribution in [0.2, 0.25) is 0 Å². The standard InChI is InChI=1S/C19H18F2N2O3/c1-3-19(13-5-7-14(20)8-6-13)17(24)23(18(25)22-19)11-12-4-9-16(26-2)15(21)10-12/h4-10H,3,11H2,1-2H3,(H,22,25). The zero-order valence-corrected chi connectivity index (χ0v) is 14.4. The van der Waals surface area contributed by atoms with Gasteiger partial charge in [-0.15, -0.1) is 0 Å². The van der Waals surface area contributed by atoms with Crippen molar-refractivity contribution in [2.24, 2.45) is 0 Å². The first kappa shape index (κ1) is 17.8. The van der Waals surface area contributed by atoms with Gasteiger partial charge in [0.1, 0.15) is 11.4 Å². The van der Waals surface area contributed by atoms with E-state index in [4.69, 9.17) is 4.74 Å². The molecular formula is C19H18F2N2O3. The second kappa shape index (κ2) is 6.74. The predicted octanol–water partition coefficient (Wildman–Crippen LogP) is 3.33. The fraction of sp³-hybridized carbons (Fsp3) is 0.263. The van der Waals surface area contributed by atoms with Crippen molar-refractivity contribution in [1.82, 2.24) is 10.2 Å². The van der Waals surface area contributed by atoms with E-state index in [1.807, 2.05) is 0 Å². The van der Waals surface area contributed by atoms with E-state index in [0.717, 1.165) is 4.90 Å². The molecule has 1 heterocycles. The van der Waals surface area contributed by atoms with Gasteiger partial charge in [-0.1, -0.05) is 25.1 Å². The summed E-state index contributed by atoms with van der Waals surface area (Å²) in [7, 11) is 1.35. The van der Waals surface area contributed by atoms with E-state index >= 15 is 0 Å². The van der Waals surface area contributed by atoms with E-state index in [1.165, 1.54) is 43.5 Å². The number of nitrogens with zero attached hydrogens (tertiary/aromatic N) is 1. The maximum absolute atomic E-state index is 13.9. The molecule has 1 saturated heterocycles. The summed E-state index contributed by atoms with van der Waals surface area (Å²) in [6.45, 7) is 1.69. The fourth-order valence-electron chi connectivity index (χ4n) is 3.13. The summed E-state index contributed by atoms with van der Waals surface area (Å²) in [5.74, 6) is -1.37. The molecule has 0 radical (unpaired) electrons. The lowest BCUT2D eigenvalue weighted by Gasteiger charge is -2.25. The summed E-state index contributed by atoms with van der Waals surface area (Å²) in [4.78, 5) is 26.4. The number of imide groups is 1. The van der Waals surface area contributed by atoms with Crippen molar-refractivity contribution in [2.45, 2.75) is 25.4 Å². The van der Waals surface area contributed by atoms with Crippen molar-refractivity contribution in [1.29, 1.82) is 0 Å². The highest BCUT2D eigenvalue weighted by Gasteiger charge is 2.51.